The predicted octanol–water partition coefficient (Wildman–Crippen LogP) is 2.06. The van der Waals surface area contributed by atoms with Crippen LogP contribution in [0.3, 0.4) is 0 Å². The summed E-state index contributed by atoms with van der Waals surface area (Å²) in [6.07, 6.45) is 1.02. The summed E-state index contributed by atoms with van der Waals surface area (Å²) in [4.78, 5) is 10.4. The van der Waals surface area contributed by atoms with Crippen LogP contribution >= 0.6 is 0 Å². The summed E-state index contributed by atoms with van der Waals surface area (Å²) in [6, 6.07) is 0. The Morgan fingerprint density at radius 3 is 2.00 bits per heavy atom. The molecule has 0 aliphatic heterocycles. The Labute approximate surface area is 70.1 Å². The Morgan fingerprint density at radius 2 is 1.73 bits per heavy atom. The lowest BCUT2D eigenvalue weighted by Gasteiger charge is -2.25. The van der Waals surface area contributed by atoms with Crippen molar-refractivity contribution in [3.63, 3.8) is 0 Å². The van der Waals surface area contributed by atoms with Crippen molar-refractivity contribution in [2.75, 3.05) is 0 Å². The van der Waals surface area contributed by atoms with Crippen LogP contribution in [0, 0.1) is 5.92 Å². The molecule has 0 unspecified atom stereocenters. The van der Waals surface area contributed by atoms with Gasteiger partial charge in [0.05, 0.1) is 6.10 Å². The third-order valence-electron chi connectivity index (χ3n) is 1.49. The van der Waals surface area contributed by atoms with Gasteiger partial charge in [-0.15, -0.1) is 0 Å². The fourth-order valence-electron chi connectivity index (χ4n) is 0.776. The van der Waals surface area contributed by atoms with Gasteiger partial charge in [-0.1, -0.05) is 6.92 Å². The summed E-state index contributed by atoms with van der Waals surface area (Å²) in [5, 5.41) is 0. The van der Waals surface area contributed by atoms with Crippen LogP contribution in [0.4, 0.5) is 0 Å². The van der Waals surface area contributed by atoms with Crippen LogP contribution in [0.2, 0.25) is 19.6 Å². The molecular weight excluding hydrogens is 156 g/mol. The van der Waals surface area contributed by atoms with E-state index in [0.29, 0.717) is 0 Å². The molecule has 0 bridgehead atoms. The maximum absolute atomic E-state index is 10.4. The molecule has 0 rings (SSSR count). The van der Waals surface area contributed by atoms with Crippen molar-refractivity contribution in [2.45, 2.75) is 39.6 Å². The molecule has 2 nitrogen and oxygen atoms in total. The summed E-state index contributed by atoms with van der Waals surface area (Å²) in [6.45, 7) is 10.2. The highest BCUT2D eigenvalue weighted by atomic mass is 28.4. The van der Waals surface area contributed by atoms with E-state index in [2.05, 4.69) is 19.6 Å². The van der Waals surface area contributed by atoms with E-state index in [-0.39, 0.29) is 12.0 Å². The van der Waals surface area contributed by atoms with Crippen molar-refractivity contribution in [1.82, 2.24) is 0 Å². The van der Waals surface area contributed by atoms with Gasteiger partial charge in [-0.25, -0.2) is 0 Å². The molecular formula is C8H18O2Si. The predicted molar refractivity (Wildman–Crippen MR) is 49.1 cm³/mol. The highest BCUT2D eigenvalue weighted by molar-refractivity contribution is 6.69. The summed E-state index contributed by atoms with van der Waals surface area (Å²) in [7, 11) is -1.46. The average Bonchev–Trinajstić information content (AvgIpc) is 1.82. The molecule has 0 fully saturated rings. The first kappa shape index (κ1) is 10.8. The molecule has 0 N–H and O–H groups in total. The average molecular weight is 174 g/mol. The smallest absolute Gasteiger partial charge is 0.184 e. The summed E-state index contributed by atoms with van der Waals surface area (Å²) in [5.74, 6) is 0.0155. The number of hydrogen-bond acceptors (Lipinski definition) is 2. The van der Waals surface area contributed by atoms with E-state index in [4.69, 9.17) is 4.43 Å². The number of carbonyl (C=O) groups is 1. The maximum Gasteiger partial charge on any atom is 0.184 e. The normalized spacial score (nSPS) is 17.5. The van der Waals surface area contributed by atoms with Crippen molar-refractivity contribution >= 4 is 14.6 Å². The van der Waals surface area contributed by atoms with Gasteiger partial charge in [-0.05, 0) is 26.6 Å². The standard InChI is InChI=1S/C8H18O2Si/c1-7(6-9)8(2)10-11(3,4)5/h6-8H,1-5H3/t7-,8+/m0/s1. The van der Waals surface area contributed by atoms with Gasteiger partial charge in [0.2, 0.25) is 0 Å². The van der Waals surface area contributed by atoms with Crippen LogP contribution in [0.25, 0.3) is 0 Å². The van der Waals surface area contributed by atoms with Crippen LogP contribution in [0.15, 0.2) is 0 Å². The first-order valence-electron chi connectivity index (χ1n) is 4.00. The van der Waals surface area contributed by atoms with Gasteiger partial charge in [0.1, 0.15) is 6.29 Å². The first-order chi connectivity index (χ1) is 4.87. The van der Waals surface area contributed by atoms with Gasteiger partial charge in [0.25, 0.3) is 0 Å². The van der Waals surface area contributed by atoms with Crippen molar-refractivity contribution in [2.24, 2.45) is 5.92 Å². The van der Waals surface area contributed by atoms with Gasteiger partial charge in [-0.3, -0.25) is 0 Å². The minimum Gasteiger partial charge on any atom is -0.414 e. The van der Waals surface area contributed by atoms with Gasteiger partial charge in [0, 0.05) is 5.92 Å². The van der Waals surface area contributed by atoms with Crippen molar-refractivity contribution < 1.29 is 9.22 Å². The van der Waals surface area contributed by atoms with E-state index in [1.54, 1.807) is 0 Å². The molecule has 0 saturated heterocycles. The molecule has 0 heterocycles. The van der Waals surface area contributed by atoms with E-state index >= 15 is 0 Å². The second-order valence-corrected chi connectivity index (χ2v) is 8.39. The Balaban J connectivity index is 3.86. The number of aldehydes is 1. The van der Waals surface area contributed by atoms with Gasteiger partial charge < -0.3 is 9.22 Å². The lowest BCUT2D eigenvalue weighted by atomic mass is 10.1. The molecule has 66 valence electrons. The zero-order chi connectivity index (χ0) is 9.07. The molecule has 0 aromatic heterocycles. The topological polar surface area (TPSA) is 26.3 Å². The molecule has 0 amide bonds. The van der Waals surface area contributed by atoms with Gasteiger partial charge in [0.15, 0.2) is 8.32 Å². The van der Waals surface area contributed by atoms with Crippen LogP contribution in [0.5, 0.6) is 0 Å². The number of carbonyl (C=O) groups excluding carboxylic acids is 1. The van der Waals surface area contributed by atoms with Crippen molar-refractivity contribution in [3.8, 4) is 0 Å². The number of rotatable bonds is 4. The zero-order valence-corrected chi connectivity index (χ0v) is 9.05. The van der Waals surface area contributed by atoms with Crippen LogP contribution in [-0.2, 0) is 9.22 Å². The second-order valence-electron chi connectivity index (χ2n) is 3.93. The second kappa shape index (κ2) is 4.02. The van der Waals surface area contributed by atoms with Gasteiger partial charge >= 0.3 is 0 Å². The SMILES string of the molecule is C[C@@H](C=O)[C@@H](C)O[Si](C)(C)C. The lowest BCUT2D eigenvalue weighted by molar-refractivity contribution is -0.112. The molecule has 2 atom stereocenters. The van der Waals surface area contributed by atoms with Crippen molar-refractivity contribution in [3.05, 3.63) is 0 Å². The quantitative estimate of drug-likeness (QED) is 0.482. The molecule has 0 spiro atoms. The first-order valence-corrected chi connectivity index (χ1v) is 7.41. The van der Waals surface area contributed by atoms with E-state index < -0.39 is 8.32 Å². The van der Waals surface area contributed by atoms with Crippen LogP contribution < -0.4 is 0 Å². The van der Waals surface area contributed by atoms with Gasteiger partial charge in [-0.2, -0.15) is 0 Å². The maximum atomic E-state index is 10.4. The minimum absolute atomic E-state index is 0.0155. The van der Waals surface area contributed by atoms with E-state index in [0.717, 1.165) is 6.29 Å². The van der Waals surface area contributed by atoms with E-state index in [9.17, 15) is 4.79 Å². The molecule has 0 saturated carbocycles. The van der Waals surface area contributed by atoms with E-state index in [1.807, 2.05) is 13.8 Å². The highest BCUT2D eigenvalue weighted by Gasteiger charge is 2.21. The minimum atomic E-state index is -1.46. The molecule has 0 aromatic rings. The molecule has 3 heteroatoms. The molecule has 0 aromatic carbocycles. The number of hydrogen-bond donors (Lipinski definition) is 0. The van der Waals surface area contributed by atoms with Crippen LogP contribution in [0.1, 0.15) is 13.8 Å². The lowest BCUT2D eigenvalue weighted by Crippen LogP contribution is -2.34. The monoisotopic (exact) mass is 174 g/mol. The Kier molecular flexibility index (Phi) is 3.96. The summed E-state index contributed by atoms with van der Waals surface area (Å²) >= 11 is 0. The van der Waals surface area contributed by atoms with E-state index in [1.165, 1.54) is 0 Å². The van der Waals surface area contributed by atoms with Crippen molar-refractivity contribution in [1.29, 1.82) is 0 Å². The fourth-order valence-corrected chi connectivity index (χ4v) is 2.11. The Bertz CT molecular complexity index is 129. The third-order valence-corrected chi connectivity index (χ3v) is 2.57. The zero-order valence-electron chi connectivity index (χ0n) is 8.05. The highest BCUT2D eigenvalue weighted by Crippen LogP contribution is 2.12. The molecule has 0 aliphatic rings. The summed E-state index contributed by atoms with van der Waals surface area (Å²) < 4.78 is 5.70. The molecule has 0 radical (unpaired) electrons. The molecule has 11 heavy (non-hydrogen) atoms. The largest absolute Gasteiger partial charge is 0.414 e. The fraction of sp³-hybridized carbons (Fsp3) is 0.875. The molecule has 0 aliphatic carbocycles. The Hall–Kier alpha value is -0.153. The summed E-state index contributed by atoms with van der Waals surface area (Å²) in [5.41, 5.74) is 0. The Morgan fingerprint density at radius 1 is 1.27 bits per heavy atom. The van der Waals surface area contributed by atoms with Crippen LogP contribution in [-0.4, -0.2) is 20.7 Å². The third kappa shape index (κ3) is 5.15.